The quantitative estimate of drug-likeness (QED) is 0.229. The number of hydrogen-bond acceptors (Lipinski definition) is 6. The van der Waals surface area contributed by atoms with Gasteiger partial charge in [-0.25, -0.2) is 9.78 Å². The number of aromatic nitrogens is 3. The number of rotatable bonds is 7. The Kier molecular flexibility index (Phi) is 8.10. The predicted molar refractivity (Wildman–Crippen MR) is 169 cm³/mol. The molecule has 2 amide bonds. The van der Waals surface area contributed by atoms with Crippen LogP contribution >= 0.6 is 0 Å². The number of halogens is 3. The molecule has 242 valence electrons. The van der Waals surface area contributed by atoms with Crippen molar-refractivity contribution in [2.75, 3.05) is 45.1 Å². The van der Waals surface area contributed by atoms with Gasteiger partial charge in [0.25, 0.3) is 0 Å². The Balaban J connectivity index is 1.08. The second-order valence-electron chi connectivity index (χ2n) is 12.8. The Morgan fingerprint density at radius 2 is 1.89 bits per heavy atom. The van der Waals surface area contributed by atoms with Crippen LogP contribution in [0.5, 0.6) is 11.5 Å². The summed E-state index contributed by atoms with van der Waals surface area (Å²) in [5.41, 5.74) is 3.31. The number of ether oxygens (including phenoxy) is 1. The first-order chi connectivity index (χ1) is 22.1. The molecular formula is C34H38F3N7O2. The molecule has 4 aromatic rings. The first-order valence-electron chi connectivity index (χ1n) is 16.0. The van der Waals surface area contributed by atoms with E-state index in [9.17, 15) is 18.0 Å². The first kappa shape index (κ1) is 30.5. The number of hydrogen-bond donors (Lipinski definition) is 2. The highest BCUT2D eigenvalue weighted by Crippen LogP contribution is 2.42. The summed E-state index contributed by atoms with van der Waals surface area (Å²) < 4.78 is 48.7. The van der Waals surface area contributed by atoms with Crippen LogP contribution < -0.4 is 10.1 Å². The molecule has 1 aliphatic carbocycles. The highest BCUT2D eigenvalue weighted by Gasteiger charge is 2.35. The monoisotopic (exact) mass is 633 g/mol. The normalized spacial score (nSPS) is 19.3. The molecule has 0 radical (unpaired) electrons. The van der Waals surface area contributed by atoms with Crippen LogP contribution in [-0.4, -0.2) is 75.5 Å². The largest absolute Gasteiger partial charge is 0.455 e. The molecule has 3 aromatic heterocycles. The van der Waals surface area contributed by atoms with E-state index in [0.29, 0.717) is 37.1 Å². The summed E-state index contributed by atoms with van der Waals surface area (Å²) in [5.74, 6) is 1.75. The van der Waals surface area contributed by atoms with Crippen molar-refractivity contribution in [3.63, 3.8) is 0 Å². The van der Waals surface area contributed by atoms with Gasteiger partial charge in [0.2, 0.25) is 0 Å². The molecule has 5 heterocycles. The lowest BCUT2D eigenvalue weighted by atomic mass is 9.92. The molecule has 2 fully saturated rings. The second kappa shape index (κ2) is 12.2. The minimum atomic E-state index is -4.54. The van der Waals surface area contributed by atoms with Crippen LogP contribution in [0.3, 0.4) is 0 Å². The zero-order valence-corrected chi connectivity index (χ0v) is 26.0. The number of piperazine rings is 1. The number of carbonyl (C=O) groups excluding carboxylic acids is 1. The number of urea groups is 1. The number of benzene rings is 1. The number of pyridine rings is 2. The van der Waals surface area contributed by atoms with Gasteiger partial charge in [-0.15, -0.1) is 0 Å². The zero-order chi connectivity index (χ0) is 32.0. The molecule has 1 aromatic carbocycles. The van der Waals surface area contributed by atoms with E-state index in [0.717, 1.165) is 47.9 Å². The first-order valence-corrected chi connectivity index (χ1v) is 16.0. The van der Waals surface area contributed by atoms with Crippen LogP contribution in [-0.2, 0) is 19.3 Å². The molecule has 2 N–H and O–H groups in total. The predicted octanol–water partition coefficient (Wildman–Crippen LogP) is 6.94. The highest BCUT2D eigenvalue weighted by molar-refractivity contribution is 5.89. The van der Waals surface area contributed by atoms with Crippen LogP contribution in [0.25, 0.3) is 11.0 Å². The molecule has 1 atom stereocenters. The van der Waals surface area contributed by atoms with Gasteiger partial charge in [0.05, 0.1) is 22.8 Å². The Morgan fingerprint density at radius 1 is 1.09 bits per heavy atom. The second-order valence-corrected chi connectivity index (χ2v) is 12.8. The summed E-state index contributed by atoms with van der Waals surface area (Å²) >= 11 is 0. The van der Waals surface area contributed by atoms with Crippen molar-refractivity contribution in [2.45, 2.75) is 57.3 Å². The minimum Gasteiger partial charge on any atom is -0.455 e. The average molecular weight is 634 g/mol. The molecule has 1 saturated carbocycles. The third kappa shape index (κ3) is 6.41. The van der Waals surface area contributed by atoms with E-state index in [1.165, 1.54) is 24.6 Å². The number of nitrogens with one attached hydrogen (secondary N) is 2. The molecule has 1 saturated heterocycles. The molecule has 3 aliphatic rings. The summed E-state index contributed by atoms with van der Waals surface area (Å²) in [6, 6.07) is 9.48. The van der Waals surface area contributed by atoms with Crippen LogP contribution in [0.2, 0.25) is 0 Å². The van der Waals surface area contributed by atoms with E-state index in [2.05, 4.69) is 26.3 Å². The molecule has 7 rings (SSSR count). The number of anilines is 1. The summed E-state index contributed by atoms with van der Waals surface area (Å²) in [7, 11) is 2.01. The highest BCUT2D eigenvalue weighted by atomic mass is 19.4. The molecule has 46 heavy (non-hydrogen) atoms. The zero-order valence-electron chi connectivity index (χ0n) is 26.0. The van der Waals surface area contributed by atoms with Gasteiger partial charge in [-0.3, -0.25) is 9.88 Å². The number of H-pyrrole nitrogens is 1. The molecule has 9 nitrogen and oxygen atoms in total. The Labute approximate surface area is 265 Å². The molecule has 0 spiro atoms. The fourth-order valence-corrected chi connectivity index (χ4v) is 6.51. The molecule has 2 aliphatic heterocycles. The van der Waals surface area contributed by atoms with Gasteiger partial charge in [-0.1, -0.05) is 13.0 Å². The molecular weight excluding hydrogens is 595 g/mol. The van der Waals surface area contributed by atoms with Crippen LogP contribution in [0.15, 0.2) is 48.8 Å². The number of alkyl halides is 3. The van der Waals surface area contributed by atoms with Crippen molar-refractivity contribution < 1.29 is 22.7 Å². The van der Waals surface area contributed by atoms with Crippen molar-refractivity contribution in [3.8, 4) is 11.5 Å². The third-order valence-electron chi connectivity index (χ3n) is 9.36. The van der Waals surface area contributed by atoms with Gasteiger partial charge in [0.15, 0.2) is 0 Å². The van der Waals surface area contributed by atoms with E-state index >= 15 is 0 Å². The summed E-state index contributed by atoms with van der Waals surface area (Å²) in [6.45, 7) is 5.98. The fourth-order valence-electron chi connectivity index (χ4n) is 6.51. The summed E-state index contributed by atoms with van der Waals surface area (Å²) in [4.78, 5) is 31.9. The van der Waals surface area contributed by atoms with Gasteiger partial charge in [0.1, 0.15) is 17.1 Å². The van der Waals surface area contributed by atoms with Crippen LogP contribution in [0.4, 0.5) is 23.7 Å². The number of aromatic amines is 1. The maximum absolute atomic E-state index is 14.1. The lowest BCUT2D eigenvalue weighted by Gasteiger charge is -2.34. The molecule has 0 unspecified atom stereocenters. The average Bonchev–Trinajstić information content (AvgIpc) is 3.80. The smallest absolute Gasteiger partial charge is 0.416 e. The van der Waals surface area contributed by atoms with Crippen molar-refractivity contribution in [2.24, 2.45) is 0 Å². The van der Waals surface area contributed by atoms with Crippen molar-refractivity contribution in [1.82, 2.24) is 29.7 Å². The standard InChI is InChI=1S/C34H38F3N7O2/c1-3-21-19-44(33(45)40-25-7-6-23(28(15-25)34(35,36)37)18-43-12-10-42(2)11-13-43)20-24-14-26(17-39-31(21)24)46-30-8-9-38-32-27(30)16-29(41-32)22-4-5-22/h6-9,14-17,21-22H,3-5,10-13,18-20H2,1-2H3,(H,38,41)(H,40,45)/t21-/m1/s1. The summed E-state index contributed by atoms with van der Waals surface area (Å²) in [6.07, 6.45) is 1.97. The van der Waals surface area contributed by atoms with Crippen LogP contribution in [0.1, 0.15) is 66.1 Å². The van der Waals surface area contributed by atoms with E-state index in [-0.39, 0.29) is 30.3 Å². The van der Waals surface area contributed by atoms with E-state index in [1.54, 1.807) is 23.4 Å². The number of nitrogens with zero attached hydrogens (tertiary/aromatic N) is 5. The van der Waals surface area contributed by atoms with Gasteiger partial charge < -0.3 is 24.8 Å². The topological polar surface area (TPSA) is 89.6 Å². The van der Waals surface area contributed by atoms with E-state index < -0.39 is 17.8 Å². The number of likely N-dealkylation sites (N-methyl/N-ethyl adjacent to an activating group) is 1. The number of fused-ring (bicyclic) bond motifs is 2. The third-order valence-corrected chi connectivity index (χ3v) is 9.36. The van der Waals surface area contributed by atoms with Gasteiger partial charge in [0, 0.05) is 69.3 Å². The van der Waals surface area contributed by atoms with E-state index in [4.69, 9.17) is 9.72 Å². The Hall–Kier alpha value is -4.16. The van der Waals surface area contributed by atoms with E-state index in [1.807, 2.05) is 31.0 Å². The van der Waals surface area contributed by atoms with Gasteiger partial charge in [-0.2, -0.15) is 13.2 Å². The molecule has 0 bridgehead atoms. The van der Waals surface area contributed by atoms with Gasteiger partial charge >= 0.3 is 12.2 Å². The minimum absolute atomic E-state index is 0.0151. The van der Waals surface area contributed by atoms with Crippen molar-refractivity contribution >= 4 is 22.8 Å². The summed E-state index contributed by atoms with van der Waals surface area (Å²) in [5, 5.41) is 3.64. The molecule has 12 heteroatoms. The van der Waals surface area contributed by atoms with Crippen molar-refractivity contribution in [3.05, 3.63) is 76.9 Å². The Bertz CT molecular complexity index is 1740. The van der Waals surface area contributed by atoms with Crippen LogP contribution in [0, 0.1) is 0 Å². The SMILES string of the molecule is CC[C@@H]1CN(C(=O)Nc2ccc(CN3CCN(C)CC3)c(C(F)(F)F)c2)Cc2cc(Oc3ccnc4[nH]c(C5CC5)cc34)cnc21. The Morgan fingerprint density at radius 3 is 2.63 bits per heavy atom. The van der Waals surface area contributed by atoms with Gasteiger partial charge in [-0.05, 0) is 73.7 Å². The lowest BCUT2D eigenvalue weighted by molar-refractivity contribution is -0.138. The lowest BCUT2D eigenvalue weighted by Crippen LogP contribution is -2.44. The van der Waals surface area contributed by atoms with Crippen molar-refractivity contribution in [1.29, 1.82) is 0 Å². The maximum atomic E-state index is 14.1. The number of carbonyl (C=O) groups is 1. The maximum Gasteiger partial charge on any atom is 0.416 e. The fraction of sp³-hybridized carbons (Fsp3) is 0.441. The number of amides is 2.